The largest absolute Gasteiger partial charge is 0.368 e. The molecule has 1 fully saturated rings. The van der Waals surface area contributed by atoms with Crippen molar-refractivity contribution in [2.24, 2.45) is 0 Å². The highest BCUT2D eigenvalue weighted by Crippen LogP contribution is 2.30. The van der Waals surface area contributed by atoms with E-state index in [1.807, 2.05) is 12.3 Å². The van der Waals surface area contributed by atoms with Crippen LogP contribution in [-0.4, -0.2) is 31.4 Å². The summed E-state index contributed by atoms with van der Waals surface area (Å²) < 4.78 is 0. The summed E-state index contributed by atoms with van der Waals surface area (Å²) in [5.41, 5.74) is 7.97. The van der Waals surface area contributed by atoms with Gasteiger partial charge in [0.2, 0.25) is 5.95 Å². The molecule has 2 aromatic rings. The lowest BCUT2D eigenvalue weighted by molar-refractivity contribution is 0.135. The third-order valence-electron chi connectivity index (χ3n) is 4.47. The Bertz CT molecular complexity index is 623. The smallest absolute Gasteiger partial charge is 0.220 e. The summed E-state index contributed by atoms with van der Waals surface area (Å²) in [6.45, 7) is 4.17. The maximum absolute atomic E-state index is 5.76. The van der Waals surface area contributed by atoms with Gasteiger partial charge in [-0.3, -0.25) is 4.90 Å². The Kier molecular flexibility index (Phi) is 5.23. The average molecular weight is 314 g/mol. The van der Waals surface area contributed by atoms with Crippen LogP contribution in [0.3, 0.4) is 0 Å². The summed E-state index contributed by atoms with van der Waals surface area (Å²) >= 11 is 0. The van der Waals surface area contributed by atoms with Gasteiger partial charge in [0.1, 0.15) is 5.82 Å². The van der Waals surface area contributed by atoms with Crippen molar-refractivity contribution in [1.82, 2.24) is 24.8 Å². The van der Waals surface area contributed by atoms with Gasteiger partial charge in [-0.25, -0.2) is 15.0 Å². The summed E-state index contributed by atoms with van der Waals surface area (Å²) in [4.78, 5) is 18.9. The number of hydrogen-bond acceptors (Lipinski definition) is 5. The first-order valence-electron chi connectivity index (χ1n) is 8.61. The second-order valence-electron chi connectivity index (χ2n) is 6.28. The predicted molar refractivity (Wildman–Crippen MR) is 90.6 cm³/mol. The van der Waals surface area contributed by atoms with Crippen LogP contribution < -0.4 is 5.73 Å². The Labute approximate surface area is 137 Å². The molecule has 6 heteroatoms. The van der Waals surface area contributed by atoms with Crippen LogP contribution in [0, 0.1) is 0 Å². The van der Waals surface area contributed by atoms with Gasteiger partial charge in [-0.2, -0.15) is 0 Å². The lowest BCUT2D eigenvalue weighted by atomic mass is 9.99. The molecule has 0 saturated carbocycles. The molecule has 0 amide bonds. The van der Waals surface area contributed by atoms with Crippen LogP contribution in [0.5, 0.6) is 0 Å². The highest BCUT2D eigenvalue weighted by atomic mass is 15.2. The number of aryl methyl sites for hydroxylation is 1. The number of aromatic amines is 1. The number of rotatable bonds is 6. The van der Waals surface area contributed by atoms with E-state index in [2.05, 4.69) is 31.8 Å². The minimum atomic E-state index is 0.316. The van der Waals surface area contributed by atoms with Crippen molar-refractivity contribution in [3.8, 4) is 0 Å². The van der Waals surface area contributed by atoms with Crippen molar-refractivity contribution in [3.05, 3.63) is 35.7 Å². The van der Waals surface area contributed by atoms with Crippen molar-refractivity contribution in [2.45, 2.75) is 58.0 Å². The van der Waals surface area contributed by atoms with Crippen molar-refractivity contribution in [1.29, 1.82) is 0 Å². The van der Waals surface area contributed by atoms with Crippen LogP contribution >= 0.6 is 0 Å². The lowest BCUT2D eigenvalue weighted by Gasteiger charge is -2.34. The molecule has 23 heavy (non-hydrogen) atoms. The molecule has 0 unspecified atom stereocenters. The van der Waals surface area contributed by atoms with Crippen molar-refractivity contribution < 1.29 is 0 Å². The van der Waals surface area contributed by atoms with Crippen molar-refractivity contribution >= 4 is 5.95 Å². The number of likely N-dealkylation sites (tertiary alicyclic amines) is 1. The first kappa shape index (κ1) is 15.9. The van der Waals surface area contributed by atoms with E-state index in [1.54, 1.807) is 6.20 Å². The number of hydrogen-bond donors (Lipinski definition) is 2. The Morgan fingerprint density at radius 2 is 2.26 bits per heavy atom. The van der Waals surface area contributed by atoms with E-state index < -0.39 is 0 Å². The standard InChI is InChI=1S/C17H26N6/c1-2-3-7-16-20-11-13(21-16)12-23-10-5-4-6-15(23)14-8-9-19-17(18)22-14/h8-9,11,15H,2-7,10,12H2,1H3,(H,20,21)(H2,18,19,22)/t15-/m1/s1. The number of imidazole rings is 1. The molecule has 0 radical (unpaired) electrons. The molecule has 1 saturated heterocycles. The fourth-order valence-corrected chi connectivity index (χ4v) is 3.27. The normalized spacial score (nSPS) is 19.1. The summed E-state index contributed by atoms with van der Waals surface area (Å²) in [5.74, 6) is 1.46. The van der Waals surface area contributed by atoms with Gasteiger partial charge >= 0.3 is 0 Å². The molecule has 3 rings (SSSR count). The number of nitrogens with two attached hydrogens (primary N) is 1. The van der Waals surface area contributed by atoms with E-state index in [0.717, 1.165) is 37.4 Å². The van der Waals surface area contributed by atoms with E-state index in [4.69, 9.17) is 5.73 Å². The zero-order valence-electron chi connectivity index (χ0n) is 13.8. The van der Waals surface area contributed by atoms with E-state index in [9.17, 15) is 0 Å². The molecule has 6 nitrogen and oxygen atoms in total. The molecular formula is C17H26N6. The van der Waals surface area contributed by atoms with E-state index in [0.29, 0.717) is 12.0 Å². The first-order chi connectivity index (χ1) is 11.3. The van der Waals surface area contributed by atoms with E-state index in [1.165, 1.54) is 31.4 Å². The SMILES string of the molecule is CCCCc1ncc(CN2CCCC[C@@H]2c2ccnc(N)n2)[nH]1. The minimum Gasteiger partial charge on any atom is -0.368 e. The number of piperidine rings is 1. The van der Waals surface area contributed by atoms with Gasteiger partial charge in [-0.05, 0) is 31.9 Å². The quantitative estimate of drug-likeness (QED) is 0.856. The Hall–Kier alpha value is -1.95. The Morgan fingerprint density at radius 1 is 1.35 bits per heavy atom. The first-order valence-corrected chi connectivity index (χ1v) is 8.61. The number of aromatic nitrogens is 4. The van der Waals surface area contributed by atoms with Crippen LogP contribution in [0.2, 0.25) is 0 Å². The molecule has 0 aliphatic carbocycles. The number of H-pyrrole nitrogens is 1. The van der Waals surface area contributed by atoms with E-state index in [-0.39, 0.29) is 0 Å². The summed E-state index contributed by atoms with van der Waals surface area (Å²) in [6, 6.07) is 2.30. The maximum Gasteiger partial charge on any atom is 0.220 e. The molecule has 0 bridgehead atoms. The number of nitrogen functional groups attached to an aromatic ring is 1. The number of anilines is 1. The molecule has 0 spiro atoms. The molecule has 124 valence electrons. The van der Waals surface area contributed by atoms with Gasteiger partial charge < -0.3 is 10.7 Å². The second-order valence-corrected chi connectivity index (χ2v) is 6.28. The molecule has 2 aromatic heterocycles. The van der Waals surface area contributed by atoms with Gasteiger partial charge in [0, 0.05) is 31.1 Å². The van der Waals surface area contributed by atoms with Gasteiger partial charge in [-0.1, -0.05) is 19.8 Å². The van der Waals surface area contributed by atoms with E-state index >= 15 is 0 Å². The molecule has 3 heterocycles. The fraction of sp³-hybridized carbons (Fsp3) is 0.588. The summed E-state index contributed by atoms with van der Waals surface area (Å²) in [5, 5.41) is 0. The second kappa shape index (κ2) is 7.55. The molecule has 3 N–H and O–H groups in total. The topological polar surface area (TPSA) is 83.7 Å². The summed E-state index contributed by atoms with van der Waals surface area (Å²) in [7, 11) is 0. The van der Waals surface area contributed by atoms with Crippen LogP contribution in [0.1, 0.15) is 62.3 Å². The minimum absolute atomic E-state index is 0.316. The van der Waals surface area contributed by atoms with Gasteiger partial charge in [-0.15, -0.1) is 0 Å². The number of unbranched alkanes of at least 4 members (excludes halogenated alkanes) is 1. The maximum atomic E-state index is 5.76. The third-order valence-corrected chi connectivity index (χ3v) is 4.47. The van der Waals surface area contributed by atoms with Crippen LogP contribution in [0.4, 0.5) is 5.95 Å². The Balaban J connectivity index is 1.70. The summed E-state index contributed by atoms with van der Waals surface area (Å²) in [6.07, 6.45) is 10.7. The molecule has 1 atom stereocenters. The van der Waals surface area contributed by atoms with Gasteiger partial charge in [0.25, 0.3) is 0 Å². The van der Waals surface area contributed by atoms with Crippen LogP contribution in [0.15, 0.2) is 18.5 Å². The van der Waals surface area contributed by atoms with Crippen molar-refractivity contribution in [3.63, 3.8) is 0 Å². The average Bonchev–Trinajstić information content (AvgIpc) is 3.01. The molecule has 0 aromatic carbocycles. The predicted octanol–water partition coefficient (Wildman–Crippen LogP) is 2.85. The Morgan fingerprint density at radius 3 is 3.09 bits per heavy atom. The van der Waals surface area contributed by atoms with Crippen molar-refractivity contribution in [2.75, 3.05) is 12.3 Å². The van der Waals surface area contributed by atoms with Gasteiger partial charge in [0.05, 0.1) is 11.7 Å². The lowest BCUT2D eigenvalue weighted by Crippen LogP contribution is -2.33. The fourth-order valence-electron chi connectivity index (χ4n) is 3.27. The molecule has 1 aliphatic heterocycles. The third kappa shape index (κ3) is 4.07. The van der Waals surface area contributed by atoms with Crippen LogP contribution in [-0.2, 0) is 13.0 Å². The van der Waals surface area contributed by atoms with Gasteiger partial charge in [0.15, 0.2) is 0 Å². The highest BCUT2D eigenvalue weighted by molar-refractivity contribution is 5.20. The molecule has 1 aliphatic rings. The molecular weight excluding hydrogens is 288 g/mol. The number of nitrogens with zero attached hydrogens (tertiary/aromatic N) is 4. The van der Waals surface area contributed by atoms with Crippen LogP contribution in [0.25, 0.3) is 0 Å². The monoisotopic (exact) mass is 314 g/mol. The number of nitrogens with one attached hydrogen (secondary N) is 1. The zero-order chi connectivity index (χ0) is 16.1. The zero-order valence-corrected chi connectivity index (χ0v) is 13.8. The highest BCUT2D eigenvalue weighted by Gasteiger charge is 2.25.